The van der Waals surface area contributed by atoms with E-state index < -0.39 is 0 Å². The van der Waals surface area contributed by atoms with Gasteiger partial charge >= 0.3 is 0 Å². The topological polar surface area (TPSA) is 12.0 Å². The van der Waals surface area contributed by atoms with E-state index in [1.807, 2.05) is 6.07 Å². The van der Waals surface area contributed by atoms with Crippen LogP contribution in [0.3, 0.4) is 0 Å². The Morgan fingerprint density at radius 3 is 2.80 bits per heavy atom. The highest BCUT2D eigenvalue weighted by Crippen LogP contribution is 2.24. The molecule has 1 saturated carbocycles. The van der Waals surface area contributed by atoms with Crippen molar-refractivity contribution >= 4 is 0 Å². The summed E-state index contributed by atoms with van der Waals surface area (Å²) in [5.74, 6) is -0.138. The van der Waals surface area contributed by atoms with Crippen molar-refractivity contribution in [3.8, 4) is 0 Å². The molecule has 0 aromatic heterocycles. The molecular formula is C13H18FN. The van der Waals surface area contributed by atoms with Gasteiger partial charge in [-0.1, -0.05) is 25.5 Å². The van der Waals surface area contributed by atoms with Gasteiger partial charge in [-0.3, -0.25) is 0 Å². The Hall–Kier alpha value is -0.890. The molecule has 82 valence electrons. The van der Waals surface area contributed by atoms with E-state index in [1.165, 1.54) is 25.3 Å². The molecule has 1 aliphatic rings. The van der Waals surface area contributed by atoms with E-state index in [9.17, 15) is 4.39 Å². The summed E-state index contributed by atoms with van der Waals surface area (Å²) in [5.41, 5.74) is 1.07. The third kappa shape index (κ3) is 2.57. The van der Waals surface area contributed by atoms with Gasteiger partial charge in [0.2, 0.25) is 0 Å². The predicted octanol–water partition coefficient (Wildman–Crippen LogP) is 3.42. The van der Waals surface area contributed by atoms with E-state index in [0.717, 1.165) is 12.0 Å². The standard InChI is InChI=1S/C13H18FN/c1-2-13(15-12-7-4-8-12)10-5-3-6-11(14)9-10/h3,5-6,9,12-13,15H,2,4,7-8H2,1H3. The first kappa shape index (κ1) is 10.6. The summed E-state index contributed by atoms with van der Waals surface area (Å²) in [5, 5.41) is 3.58. The number of hydrogen-bond acceptors (Lipinski definition) is 1. The lowest BCUT2D eigenvalue weighted by Gasteiger charge is -2.31. The fourth-order valence-corrected chi connectivity index (χ4v) is 2.03. The minimum absolute atomic E-state index is 0.138. The summed E-state index contributed by atoms with van der Waals surface area (Å²) in [6.45, 7) is 2.14. The van der Waals surface area contributed by atoms with Crippen LogP contribution in [0, 0.1) is 5.82 Å². The lowest BCUT2D eigenvalue weighted by Crippen LogP contribution is -2.37. The molecule has 0 saturated heterocycles. The van der Waals surface area contributed by atoms with E-state index >= 15 is 0 Å². The van der Waals surface area contributed by atoms with Crippen LogP contribution in [0.5, 0.6) is 0 Å². The summed E-state index contributed by atoms with van der Waals surface area (Å²) in [7, 11) is 0. The van der Waals surface area contributed by atoms with Crippen molar-refractivity contribution < 1.29 is 4.39 Å². The molecule has 1 aromatic carbocycles. The maximum Gasteiger partial charge on any atom is 0.123 e. The maximum absolute atomic E-state index is 13.1. The van der Waals surface area contributed by atoms with Crippen molar-refractivity contribution in [3.63, 3.8) is 0 Å². The van der Waals surface area contributed by atoms with Crippen molar-refractivity contribution in [2.24, 2.45) is 0 Å². The van der Waals surface area contributed by atoms with Gasteiger partial charge in [0.1, 0.15) is 5.82 Å². The Morgan fingerprint density at radius 2 is 2.27 bits per heavy atom. The molecule has 1 fully saturated rings. The van der Waals surface area contributed by atoms with Crippen molar-refractivity contribution in [3.05, 3.63) is 35.6 Å². The second kappa shape index (κ2) is 4.75. The molecule has 2 rings (SSSR count). The zero-order valence-corrected chi connectivity index (χ0v) is 9.17. The van der Waals surface area contributed by atoms with Gasteiger partial charge in [-0.05, 0) is 37.0 Å². The Labute approximate surface area is 90.7 Å². The highest BCUT2D eigenvalue weighted by Gasteiger charge is 2.21. The molecule has 0 spiro atoms. The van der Waals surface area contributed by atoms with E-state index in [0.29, 0.717) is 12.1 Å². The SMILES string of the molecule is CCC(NC1CCC1)c1cccc(F)c1. The Morgan fingerprint density at radius 1 is 1.47 bits per heavy atom. The van der Waals surface area contributed by atoms with Crippen molar-refractivity contribution in [2.45, 2.75) is 44.7 Å². The Balaban J connectivity index is 2.04. The summed E-state index contributed by atoms with van der Waals surface area (Å²) >= 11 is 0. The van der Waals surface area contributed by atoms with Gasteiger partial charge in [-0.25, -0.2) is 4.39 Å². The predicted molar refractivity (Wildman–Crippen MR) is 60.2 cm³/mol. The number of rotatable bonds is 4. The number of nitrogens with one attached hydrogen (secondary N) is 1. The summed E-state index contributed by atoms with van der Waals surface area (Å²) in [4.78, 5) is 0. The molecule has 15 heavy (non-hydrogen) atoms. The van der Waals surface area contributed by atoms with Gasteiger partial charge in [0.05, 0.1) is 0 Å². The lowest BCUT2D eigenvalue weighted by molar-refractivity contribution is 0.301. The van der Waals surface area contributed by atoms with E-state index in [-0.39, 0.29) is 5.82 Å². The minimum atomic E-state index is -0.138. The fraction of sp³-hybridized carbons (Fsp3) is 0.538. The third-order valence-corrected chi connectivity index (χ3v) is 3.20. The second-order valence-electron chi connectivity index (χ2n) is 4.31. The number of halogens is 1. The normalized spacial score (nSPS) is 18.5. The van der Waals surface area contributed by atoms with Crippen LogP contribution in [0.1, 0.15) is 44.2 Å². The number of benzene rings is 1. The van der Waals surface area contributed by atoms with Gasteiger partial charge < -0.3 is 5.32 Å². The molecule has 1 aliphatic carbocycles. The van der Waals surface area contributed by atoms with Gasteiger partial charge in [0.25, 0.3) is 0 Å². The van der Waals surface area contributed by atoms with Crippen LogP contribution in [0.25, 0.3) is 0 Å². The molecular weight excluding hydrogens is 189 g/mol. The highest BCUT2D eigenvalue weighted by atomic mass is 19.1. The monoisotopic (exact) mass is 207 g/mol. The molecule has 1 nitrogen and oxygen atoms in total. The first-order chi connectivity index (χ1) is 7.29. The van der Waals surface area contributed by atoms with Crippen LogP contribution in [-0.4, -0.2) is 6.04 Å². The maximum atomic E-state index is 13.1. The van der Waals surface area contributed by atoms with Crippen LogP contribution in [0.4, 0.5) is 4.39 Å². The van der Waals surface area contributed by atoms with E-state index in [2.05, 4.69) is 12.2 Å². The van der Waals surface area contributed by atoms with Crippen LogP contribution < -0.4 is 5.32 Å². The lowest BCUT2D eigenvalue weighted by atomic mass is 9.91. The van der Waals surface area contributed by atoms with Crippen LogP contribution >= 0.6 is 0 Å². The molecule has 2 heteroatoms. The third-order valence-electron chi connectivity index (χ3n) is 3.20. The summed E-state index contributed by atoms with van der Waals surface area (Å²) < 4.78 is 13.1. The molecule has 0 bridgehead atoms. The highest BCUT2D eigenvalue weighted by molar-refractivity contribution is 5.20. The first-order valence-electron chi connectivity index (χ1n) is 5.81. The molecule has 0 amide bonds. The largest absolute Gasteiger partial charge is 0.307 e. The second-order valence-corrected chi connectivity index (χ2v) is 4.31. The van der Waals surface area contributed by atoms with Gasteiger partial charge in [0, 0.05) is 12.1 Å². The molecule has 0 radical (unpaired) electrons. The average molecular weight is 207 g/mol. The Bertz CT molecular complexity index is 320. The zero-order chi connectivity index (χ0) is 10.7. The summed E-state index contributed by atoms with van der Waals surface area (Å²) in [6.07, 6.45) is 4.88. The molecule has 1 N–H and O–H groups in total. The van der Waals surface area contributed by atoms with Crippen LogP contribution in [-0.2, 0) is 0 Å². The smallest absolute Gasteiger partial charge is 0.123 e. The van der Waals surface area contributed by atoms with Crippen LogP contribution in [0.2, 0.25) is 0 Å². The van der Waals surface area contributed by atoms with Crippen molar-refractivity contribution in [1.82, 2.24) is 5.32 Å². The Kier molecular flexibility index (Phi) is 3.37. The summed E-state index contributed by atoms with van der Waals surface area (Å²) in [6, 6.07) is 7.89. The fourth-order valence-electron chi connectivity index (χ4n) is 2.03. The van der Waals surface area contributed by atoms with Crippen molar-refractivity contribution in [2.75, 3.05) is 0 Å². The van der Waals surface area contributed by atoms with Gasteiger partial charge in [0.15, 0.2) is 0 Å². The molecule has 1 aromatic rings. The zero-order valence-electron chi connectivity index (χ0n) is 9.17. The van der Waals surface area contributed by atoms with Crippen molar-refractivity contribution in [1.29, 1.82) is 0 Å². The molecule has 1 atom stereocenters. The minimum Gasteiger partial charge on any atom is -0.307 e. The number of hydrogen-bond donors (Lipinski definition) is 1. The van der Waals surface area contributed by atoms with Crippen LogP contribution in [0.15, 0.2) is 24.3 Å². The molecule has 1 unspecified atom stereocenters. The van der Waals surface area contributed by atoms with E-state index in [4.69, 9.17) is 0 Å². The molecule has 0 aliphatic heterocycles. The van der Waals surface area contributed by atoms with E-state index in [1.54, 1.807) is 12.1 Å². The molecule has 0 heterocycles. The first-order valence-corrected chi connectivity index (χ1v) is 5.81. The van der Waals surface area contributed by atoms with Gasteiger partial charge in [-0.15, -0.1) is 0 Å². The van der Waals surface area contributed by atoms with Gasteiger partial charge in [-0.2, -0.15) is 0 Å². The quantitative estimate of drug-likeness (QED) is 0.797. The average Bonchev–Trinajstić information content (AvgIpc) is 2.16.